The van der Waals surface area contributed by atoms with Gasteiger partial charge in [0.25, 0.3) is 12.3 Å². The number of aromatic nitrogens is 2. The molecule has 0 aliphatic rings. The number of anilines is 1. The van der Waals surface area contributed by atoms with Gasteiger partial charge in [-0.1, -0.05) is 23.2 Å². The molecule has 2 aromatic carbocycles. The Morgan fingerprint density at radius 2 is 1.79 bits per heavy atom. The van der Waals surface area contributed by atoms with Gasteiger partial charge < -0.3 is 15.4 Å². The number of carbonyl (C=O) groups excluding carboxylic acids is 2. The molecule has 0 fully saturated rings. The maximum Gasteiger partial charge on any atom is 0.282 e. The average molecular weight is 497 g/mol. The van der Waals surface area contributed by atoms with Gasteiger partial charge in [0.1, 0.15) is 23.2 Å². The van der Waals surface area contributed by atoms with Gasteiger partial charge in [-0.25, -0.2) is 8.78 Å². The van der Waals surface area contributed by atoms with Crippen LogP contribution in [0.15, 0.2) is 42.6 Å². The minimum atomic E-state index is -2.92. The van der Waals surface area contributed by atoms with Gasteiger partial charge in [0.15, 0.2) is 0 Å². The van der Waals surface area contributed by atoms with Crippen molar-refractivity contribution in [2.75, 3.05) is 5.32 Å². The first-order chi connectivity index (χ1) is 15.5. The summed E-state index contributed by atoms with van der Waals surface area (Å²) in [5.41, 5.74) is -0.00528. The van der Waals surface area contributed by atoms with E-state index >= 15 is 0 Å². The van der Waals surface area contributed by atoms with Crippen LogP contribution in [0, 0.1) is 6.92 Å². The van der Waals surface area contributed by atoms with Crippen LogP contribution in [-0.4, -0.2) is 27.6 Å². The average Bonchev–Trinajstić information content (AvgIpc) is 3.14. The molecule has 11 heteroatoms. The van der Waals surface area contributed by atoms with Crippen LogP contribution in [0.3, 0.4) is 0 Å². The highest BCUT2D eigenvalue weighted by Gasteiger charge is 2.25. The van der Waals surface area contributed by atoms with Crippen LogP contribution in [0.1, 0.15) is 35.0 Å². The third kappa shape index (κ3) is 6.00. The zero-order valence-corrected chi connectivity index (χ0v) is 19.3. The number of carbonyl (C=O) groups is 2. The number of benzene rings is 2. The summed E-state index contributed by atoms with van der Waals surface area (Å²) in [5, 5.41) is 9.43. The molecule has 3 rings (SSSR count). The lowest BCUT2D eigenvalue weighted by Gasteiger charge is -2.17. The van der Waals surface area contributed by atoms with Crippen LogP contribution in [-0.2, 0) is 11.8 Å². The molecule has 0 aliphatic carbocycles. The van der Waals surface area contributed by atoms with Crippen molar-refractivity contribution in [3.05, 3.63) is 69.5 Å². The number of ether oxygens (including phenoxy) is 1. The standard InChI is InChI=1S/C22H20Cl2F2N4O3/c1-11-8-15(33-14-6-4-13(23)5-7-14)9-17(24)18(11)28-21(31)12(2)27-22(32)16-10-30(3)29-19(16)20(25)26/h4-10,12,20H,1-3H3,(H,27,32)(H,28,31). The first-order valence-electron chi connectivity index (χ1n) is 9.72. The topological polar surface area (TPSA) is 85.3 Å². The summed E-state index contributed by atoms with van der Waals surface area (Å²) in [4.78, 5) is 25.0. The monoisotopic (exact) mass is 496 g/mol. The van der Waals surface area contributed by atoms with E-state index < -0.39 is 30.0 Å². The van der Waals surface area contributed by atoms with Gasteiger partial charge in [0.05, 0.1) is 16.3 Å². The first-order valence-corrected chi connectivity index (χ1v) is 10.5. The predicted octanol–water partition coefficient (Wildman–Crippen LogP) is 5.52. The van der Waals surface area contributed by atoms with Crippen LogP contribution in [0.25, 0.3) is 0 Å². The third-order valence-electron chi connectivity index (χ3n) is 4.61. The molecule has 1 heterocycles. The van der Waals surface area contributed by atoms with Gasteiger partial charge in [0, 0.05) is 24.3 Å². The van der Waals surface area contributed by atoms with Crippen LogP contribution in [0.2, 0.25) is 10.0 Å². The number of rotatable bonds is 7. The number of halogens is 4. The van der Waals surface area contributed by atoms with Crippen molar-refractivity contribution >= 4 is 40.7 Å². The molecule has 0 saturated heterocycles. The Morgan fingerprint density at radius 3 is 2.39 bits per heavy atom. The van der Waals surface area contributed by atoms with E-state index in [0.717, 1.165) is 4.68 Å². The normalized spacial score (nSPS) is 11.9. The lowest BCUT2D eigenvalue weighted by atomic mass is 10.1. The highest BCUT2D eigenvalue weighted by molar-refractivity contribution is 6.34. The third-order valence-corrected chi connectivity index (χ3v) is 5.16. The van der Waals surface area contributed by atoms with Gasteiger partial charge in [-0.2, -0.15) is 5.10 Å². The second kappa shape index (κ2) is 10.2. The van der Waals surface area contributed by atoms with Gasteiger partial charge in [-0.05, 0) is 49.7 Å². The van der Waals surface area contributed by atoms with E-state index in [1.54, 1.807) is 37.3 Å². The fourth-order valence-corrected chi connectivity index (χ4v) is 3.41. The maximum atomic E-state index is 13.1. The molecule has 2 N–H and O–H groups in total. The molecule has 3 aromatic rings. The number of nitrogens with zero attached hydrogens (tertiary/aromatic N) is 2. The molecule has 33 heavy (non-hydrogen) atoms. The predicted molar refractivity (Wildman–Crippen MR) is 121 cm³/mol. The van der Waals surface area contributed by atoms with Crippen LogP contribution in [0.4, 0.5) is 14.5 Å². The number of amides is 2. The summed E-state index contributed by atoms with van der Waals surface area (Å²) in [6, 6.07) is 8.96. The molecule has 0 saturated carbocycles. The fraction of sp³-hybridized carbons (Fsp3) is 0.227. The molecule has 174 valence electrons. The Balaban J connectivity index is 1.69. The quantitative estimate of drug-likeness (QED) is 0.450. The second-order valence-corrected chi connectivity index (χ2v) is 8.08. The Hall–Kier alpha value is -3.17. The first kappa shape index (κ1) is 24.5. The van der Waals surface area contributed by atoms with Crippen LogP contribution in [0.5, 0.6) is 11.5 Å². The maximum absolute atomic E-state index is 13.1. The molecule has 1 atom stereocenters. The van der Waals surface area contributed by atoms with Crippen LogP contribution < -0.4 is 15.4 Å². The molecule has 0 radical (unpaired) electrons. The van der Waals surface area contributed by atoms with E-state index in [-0.39, 0.29) is 10.6 Å². The van der Waals surface area contributed by atoms with Gasteiger partial charge >= 0.3 is 0 Å². The SMILES string of the molecule is Cc1cc(Oc2ccc(Cl)cc2)cc(Cl)c1NC(=O)C(C)NC(=O)c1cn(C)nc1C(F)F. The van der Waals surface area contributed by atoms with E-state index in [9.17, 15) is 18.4 Å². The molecule has 7 nitrogen and oxygen atoms in total. The summed E-state index contributed by atoms with van der Waals surface area (Å²) in [7, 11) is 1.42. The van der Waals surface area contributed by atoms with Crippen LogP contribution >= 0.6 is 23.2 Å². The zero-order valence-electron chi connectivity index (χ0n) is 17.8. The Morgan fingerprint density at radius 1 is 1.12 bits per heavy atom. The van der Waals surface area contributed by atoms with Gasteiger partial charge in [-0.15, -0.1) is 0 Å². The van der Waals surface area contributed by atoms with Crippen molar-refractivity contribution in [3.8, 4) is 11.5 Å². The summed E-state index contributed by atoms with van der Waals surface area (Å²) in [6.07, 6.45) is -1.76. The van der Waals surface area contributed by atoms with Crippen molar-refractivity contribution in [3.63, 3.8) is 0 Å². The van der Waals surface area contributed by atoms with Gasteiger partial charge in [0.2, 0.25) is 5.91 Å². The smallest absolute Gasteiger partial charge is 0.282 e. The lowest BCUT2D eigenvalue weighted by Crippen LogP contribution is -2.42. The molecule has 2 amide bonds. The summed E-state index contributed by atoms with van der Waals surface area (Å²) >= 11 is 12.2. The van der Waals surface area contributed by atoms with E-state index in [1.165, 1.54) is 26.2 Å². The Labute approximate surface area is 198 Å². The molecule has 1 unspecified atom stereocenters. The second-order valence-electron chi connectivity index (χ2n) is 7.24. The molecule has 0 spiro atoms. The van der Waals surface area contributed by atoms with Crippen molar-refractivity contribution < 1.29 is 23.1 Å². The van der Waals surface area contributed by atoms with Crippen molar-refractivity contribution in [1.82, 2.24) is 15.1 Å². The van der Waals surface area contributed by atoms with Crippen molar-refractivity contribution in [1.29, 1.82) is 0 Å². The van der Waals surface area contributed by atoms with Crippen molar-refractivity contribution in [2.45, 2.75) is 26.3 Å². The summed E-state index contributed by atoms with van der Waals surface area (Å²) < 4.78 is 33.1. The number of alkyl halides is 2. The number of hydrogen-bond acceptors (Lipinski definition) is 4. The molecule has 0 bridgehead atoms. The highest BCUT2D eigenvalue weighted by Crippen LogP contribution is 2.33. The Bertz CT molecular complexity index is 1160. The molecule has 1 aromatic heterocycles. The summed E-state index contributed by atoms with van der Waals surface area (Å²) in [5.74, 6) is -0.408. The van der Waals surface area contributed by atoms with E-state index in [4.69, 9.17) is 27.9 Å². The fourth-order valence-electron chi connectivity index (χ4n) is 2.98. The van der Waals surface area contributed by atoms with E-state index in [0.29, 0.717) is 27.8 Å². The summed E-state index contributed by atoms with van der Waals surface area (Å²) in [6.45, 7) is 3.15. The van der Waals surface area contributed by atoms with E-state index in [2.05, 4.69) is 15.7 Å². The molecular weight excluding hydrogens is 477 g/mol. The highest BCUT2D eigenvalue weighted by atomic mass is 35.5. The molecular formula is C22H20Cl2F2N4O3. The zero-order chi connectivity index (χ0) is 24.3. The van der Waals surface area contributed by atoms with Crippen molar-refractivity contribution in [2.24, 2.45) is 7.05 Å². The number of aryl methyl sites for hydroxylation is 2. The number of hydrogen-bond donors (Lipinski definition) is 2. The minimum absolute atomic E-state index is 0.220. The minimum Gasteiger partial charge on any atom is -0.457 e. The van der Waals surface area contributed by atoms with E-state index in [1.807, 2.05) is 0 Å². The van der Waals surface area contributed by atoms with Gasteiger partial charge in [-0.3, -0.25) is 14.3 Å². The Kier molecular flexibility index (Phi) is 7.55. The largest absolute Gasteiger partial charge is 0.457 e. The number of nitrogens with one attached hydrogen (secondary N) is 2. The lowest BCUT2D eigenvalue weighted by molar-refractivity contribution is -0.117. The molecule has 0 aliphatic heterocycles.